The molecule has 2 atom stereocenters. The first kappa shape index (κ1) is 9.67. The fraction of sp³-hybridized carbons (Fsp3) is 0.857. The van der Waals surface area contributed by atoms with Gasteiger partial charge in [0.2, 0.25) is 5.91 Å². The van der Waals surface area contributed by atoms with Crippen molar-refractivity contribution in [3.8, 4) is 0 Å². The van der Waals surface area contributed by atoms with Crippen LogP contribution in [-0.2, 0) is 15.6 Å². The van der Waals surface area contributed by atoms with Gasteiger partial charge in [-0.15, -0.1) is 0 Å². The molecule has 0 aromatic carbocycles. The molecule has 1 fully saturated rings. The van der Waals surface area contributed by atoms with Gasteiger partial charge < -0.3 is 10.6 Å². The van der Waals surface area contributed by atoms with E-state index >= 15 is 0 Å². The van der Waals surface area contributed by atoms with E-state index in [2.05, 4.69) is 0 Å². The second-order valence-electron chi connectivity index (χ2n) is 3.00. The Labute approximate surface area is 74.6 Å². The van der Waals surface area contributed by atoms with Crippen LogP contribution in [0.25, 0.3) is 0 Å². The zero-order chi connectivity index (χ0) is 9.14. The molecule has 2 N–H and O–H groups in total. The number of rotatable bonds is 3. The lowest BCUT2D eigenvalue weighted by Crippen LogP contribution is -2.36. The second-order valence-corrected chi connectivity index (χ2v) is 4.55. The Morgan fingerprint density at radius 1 is 1.75 bits per heavy atom. The van der Waals surface area contributed by atoms with Gasteiger partial charge in [-0.05, 0) is 6.42 Å². The minimum atomic E-state index is -0.822. The second kappa shape index (κ2) is 4.00. The van der Waals surface area contributed by atoms with Crippen LogP contribution in [0.4, 0.5) is 0 Å². The average Bonchev–Trinajstić information content (AvgIpc) is 2.30. The van der Waals surface area contributed by atoms with Crippen LogP contribution in [0.5, 0.6) is 0 Å². The molecule has 0 aromatic rings. The third-order valence-corrected chi connectivity index (χ3v) is 2.75. The number of nitrogens with zero attached hydrogens (tertiary/aromatic N) is 1. The van der Waals surface area contributed by atoms with E-state index in [1.165, 1.54) is 0 Å². The predicted octanol–water partition coefficient (Wildman–Crippen LogP) is -1.08. The maximum Gasteiger partial charge on any atom is 0.239 e. The van der Waals surface area contributed by atoms with Gasteiger partial charge in [0.15, 0.2) is 0 Å². The molecule has 1 aliphatic heterocycles. The molecule has 0 aromatic heterocycles. The van der Waals surface area contributed by atoms with Crippen LogP contribution in [0.1, 0.15) is 6.42 Å². The average molecular weight is 190 g/mol. The van der Waals surface area contributed by atoms with Gasteiger partial charge in [0.25, 0.3) is 0 Å². The van der Waals surface area contributed by atoms with Gasteiger partial charge in [0.05, 0.1) is 6.04 Å². The Morgan fingerprint density at radius 3 is 2.83 bits per heavy atom. The van der Waals surface area contributed by atoms with Crippen molar-refractivity contribution in [2.45, 2.75) is 12.5 Å². The highest BCUT2D eigenvalue weighted by molar-refractivity contribution is 7.84. The van der Waals surface area contributed by atoms with Crippen molar-refractivity contribution in [1.29, 1.82) is 0 Å². The highest BCUT2D eigenvalue weighted by Crippen LogP contribution is 2.07. The number of carbonyl (C=O) groups excluding carboxylic acids is 1. The summed E-state index contributed by atoms with van der Waals surface area (Å²) in [7, 11) is -0.822. The van der Waals surface area contributed by atoms with E-state index in [0.717, 1.165) is 13.0 Å². The summed E-state index contributed by atoms with van der Waals surface area (Å²) in [6.07, 6.45) is 2.37. The minimum Gasteiger partial charge on any atom is -0.340 e. The molecule has 0 saturated carbocycles. The van der Waals surface area contributed by atoms with E-state index in [9.17, 15) is 9.00 Å². The van der Waals surface area contributed by atoms with Gasteiger partial charge >= 0.3 is 0 Å². The van der Waals surface area contributed by atoms with Gasteiger partial charge in [0.1, 0.15) is 0 Å². The largest absolute Gasteiger partial charge is 0.340 e. The molecule has 1 rings (SSSR count). The summed E-state index contributed by atoms with van der Waals surface area (Å²) >= 11 is 0. The van der Waals surface area contributed by atoms with Crippen LogP contribution in [0.15, 0.2) is 0 Å². The fourth-order valence-corrected chi connectivity index (χ4v) is 1.70. The van der Waals surface area contributed by atoms with Crippen molar-refractivity contribution in [3.63, 3.8) is 0 Å². The molecule has 0 spiro atoms. The summed E-state index contributed by atoms with van der Waals surface area (Å²) in [5, 5.41) is 0. The van der Waals surface area contributed by atoms with Gasteiger partial charge in [-0.25, -0.2) is 0 Å². The number of carbonyl (C=O) groups is 1. The zero-order valence-corrected chi connectivity index (χ0v) is 7.97. The Kier molecular flexibility index (Phi) is 3.22. The lowest BCUT2D eigenvalue weighted by atomic mass is 10.3. The van der Waals surface area contributed by atoms with Crippen LogP contribution in [-0.4, -0.2) is 46.2 Å². The molecule has 1 aliphatic rings. The maximum atomic E-state index is 11.2. The number of likely N-dealkylation sites (tertiary alicyclic amines) is 1. The topological polar surface area (TPSA) is 63.4 Å². The Bertz CT molecular complexity index is 208. The van der Waals surface area contributed by atoms with Crippen molar-refractivity contribution < 1.29 is 9.00 Å². The number of nitrogens with two attached hydrogens (primary N) is 1. The summed E-state index contributed by atoms with van der Waals surface area (Å²) in [4.78, 5) is 12.9. The Balaban J connectivity index is 2.34. The van der Waals surface area contributed by atoms with Crippen LogP contribution in [0.3, 0.4) is 0 Å². The number of hydrogen-bond donors (Lipinski definition) is 1. The van der Waals surface area contributed by atoms with E-state index in [4.69, 9.17) is 5.73 Å². The predicted molar refractivity (Wildman–Crippen MR) is 48.1 cm³/mol. The van der Waals surface area contributed by atoms with Crippen molar-refractivity contribution in [2.75, 3.05) is 25.1 Å². The van der Waals surface area contributed by atoms with Gasteiger partial charge in [-0.3, -0.25) is 9.00 Å². The molecule has 0 aliphatic carbocycles. The molecule has 0 bridgehead atoms. The van der Waals surface area contributed by atoms with Gasteiger partial charge in [-0.2, -0.15) is 0 Å². The first-order valence-electron chi connectivity index (χ1n) is 3.95. The molecular formula is C7H14N2O2S. The summed E-state index contributed by atoms with van der Waals surface area (Å²) in [5.41, 5.74) is 5.51. The quantitative estimate of drug-likeness (QED) is 0.616. The van der Waals surface area contributed by atoms with Crippen LogP contribution in [0, 0.1) is 0 Å². The molecule has 4 nitrogen and oxygen atoms in total. The number of amides is 1. The Hall–Kier alpha value is -0.420. The molecule has 70 valence electrons. The van der Waals surface area contributed by atoms with Crippen molar-refractivity contribution >= 4 is 16.7 Å². The SMILES string of the molecule is CS(=O)CCN1CCC(N)C1=O. The standard InChI is InChI=1S/C7H14N2O2S/c1-12(11)5-4-9-3-2-6(8)7(9)10/h6H,2-5,8H2,1H3. The van der Waals surface area contributed by atoms with Crippen LogP contribution < -0.4 is 5.73 Å². The lowest BCUT2D eigenvalue weighted by molar-refractivity contribution is -0.128. The molecule has 1 amide bonds. The fourth-order valence-electron chi connectivity index (χ4n) is 1.22. The maximum absolute atomic E-state index is 11.2. The third kappa shape index (κ3) is 2.28. The normalized spacial score (nSPS) is 26.3. The molecule has 1 saturated heterocycles. The van der Waals surface area contributed by atoms with Crippen molar-refractivity contribution in [3.05, 3.63) is 0 Å². The van der Waals surface area contributed by atoms with Crippen molar-refractivity contribution in [1.82, 2.24) is 4.90 Å². The molecule has 5 heteroatoms. The first-order valence-corrected chi connectivity index (χ1v) is 5.68. The molecule has 0 radical (unpaired) electrons. The molecule has 2 unspecified atom stereocenters. The van der Waals surface area contributed by atoms with Crippen LogP contribution in [0.2, 0.25) is 0 Å². The van der Waals surface area contributed by atoms with E-state index < -0.39 is 10.8 Å². The molecule has 1 heterocycles. The van der Waals surface area contributed by atoms with E-state index in [1.54, 1.807) is 11.2 Å². The summed E-state index contributed by atoms with van der Waals surface area (Å²) in [6.45, 7) is 1.30. The molecule has 12 heavy (non-hydrogen) atoms. The van der Waals surface area contributed by atoms with E-state index in [0.29, 0.717) is 12.3 Å². The molecular weight excluding hydrogens is 176 g/mol. The summed E-state index contributed by atoms with van der Waals surface area (Å²) < 4.78 is 10.7. The lowest BCUT2D eigenvalue weighted by Gasteiger charge is -2.14. The Morgan fingerprint density at radius 2 is 2.42 bits per heavy atom. The highest BCUT2D eigenvalue weighted by Gasteiger charge is 2.27. The first-order chi connectivity index (χ1) is 5.61. The van der Waals surface area contributed by atoms with Crippen molar-refractivity contribution in [2.24, 2.45) is 5.73 Å². The number of hydrogen-bond acceptors (Lipinski definition) is 3. The van der Waals surface area contributed by atoms with E-state index in [-0.39, 0.29) is 11.9 Å². The van der Waals surface area contributed by atoms with Gasteiger partial charge in [-0.1, -0.05) is 0 Å². The monoisotopic (exact) mass is 190 g/mol. The van der Waals surface area contributed by atoms with E-state index in [1.807, 2.05) is 0 Å². The van der Waals surface area contributed by atoms with Crippen LogP contribution >= 0.6 is 0 Å². The van der Waals surface area contributed by atoms with Gasteiger partial charge in [0, 0.05) is 35.9 Å². The minimum absolute atomic E-state index is 0.000417. The zero-order valence-electron chi connectivity index (χ0n) is 7.16. The third-order valence-electron chi connectivity index (χ3n) is 1.99. The highest BCUT2D eigenvalue weighted by atomic mass is 32.2. The smallest absolute Gasteiger partial charge is 0.239 e. The summed E-state index contributed by atoms with van der Waals surface area (Å²) in [6, 6.07) is -0.324. The summed E-state index contributed by atoms with van der Waals surface area (Å²) in [5.74, 6) is 0.554.